The summed E-state index contributed by atoms with van der Waals surface area (Å²) < 4.78 is 79.4. The first-order valence-electron chi connectivity index (χ1n) is 23.6. The molecule has 2 amide bonds. The minimum Gasteiger partial charge on any atom is -0.497 e. The standard InChI is InChI=1S/C15H12ClNO3.C15H10F3NO3.C10H10O4S.C10H12O4.C6H10O6/c1-9-6-7-10(8-13(9)16)17-14(18)11-4-2-3-5-12(11)15(19)20;16-15(17,18)9-4-3-5-10(8-9)19-13(20)11-6-1-2-7-12(11)14(21)22;11-10(12)8-15(13,14)7-6-9-4-2-1-3-5-9;1-13-8-2-4-9(5-3-8)14-7-6-10(11)12;7-5(8)3-11-1-2-12-4-6(9)10/h2-8H,1H3,(H,17,18)(H,19,20);1-8H,(H,19,20)(H,21,22);1-7H,8H2,(H,11,12);2-5H,6-7H2,1H3,(H,11,12);1-4H2,(H,7,8)(H,9,10)/b;;7-6-;;. The van der Waals surface area contributed by atoms with Crippen molar-refractivity contribution in [2.75, 3.05) is 56.5 Å². The number of aromatic carboxylic acids is 2. The maximum Gasteiger partial charge on any atom is 0.416 e. The van der Waals surface area contributed by atoms with Crippen LogP contribution in [0.2, 0.25) is 5.02 Å². The zero-order chi connectivity index (χ0) is 62.1. The van der Waals surface area contributed by atoms with Gasteiger partial charge in [-0.25, -0.2) is 27.6 Å². The molecule has 0 saturated carbocycles. The van der Waals surface area contributed by atoms with E-state index in [-0.39, 0.29) is 54.2 Å². The number of ether oxygens (including phenoxy) is 4. The summed E-state index contributed by atoms with van der Waals surface area (Å²) in [5.41, 5.74) is 0.865. The van der Waals surface area contributed by atoms with E-state index in [2.05, 4.69) is 20.1 Å². The normalized spacial score (nSPS) is 10.5. The van der Waals surface area contributed by atoms with Crippen molar-refractivity contribution in [2.45, 2.75) is 19.5 Å². The number of aliphatic carboxylic acids is 4. The SMILES string of the molecule is COc1ccc(OCCC(=O)O)cc1.Cc1ccc(NC(=O)c2ccccc2C(=O)O)cc1Cl.O=C(O)COCCOCC(=O)O.O=C(O)CS(=O)(=O)/C=C\c1ccccc1.O=C(O)c1ccccc1C(=O)Nc1cccc(C(F)(F)F)c1. The van der Waals surface area contributed by atoms with Crippen LogP contribution < -0.4 is 20.1 Å². The number of hydrogen-bond donors (Lipinski definition) is 8. The number of nitrogens with one attached hydrogen (secondary N) is 2. The maximum atomic E-state index is 12.6. The summed E-state index contributed by atoms with van der Waals surface area (Å²) in [6, 6.07) is 36.5. The second-order valence-corrected chi connectivity index (χ2v) is 18.4. The van der Waals surface area contributed by atoms with Gasteiger partial charge in [0.1, 0.15) is 24.7 Å². The summed E-state index contributed by atoms with van der Waals surface area (Å²) in [6.07, 6.45) is -3.15. The molecule has 6 aromatic carbocycles. The lowest BCUT2D eigenvalue weighted by atomic mass is 10.1. The summed E-state index contributed by atoms with van der Waals surface area (Å²) >= 11 is 5.98. The Morgan fingerprint density at radius 2 is 1.02 bits per heavy atom. The highest BCUT2D eigenvalue weighted by molar-refractivity contribution is 7.95. The minimum atomic E-state index is -4.53. The Balaban J connectivity index is 0.000000361. The zero-order valence-electron chi connectivity index (χ0n) is 43.8. The molecule has 0 atom stereocenters. The highest BCUT2D eigenvalue weighted by atomic mass is 35.5. The van der Waals surface area contributed by atoms with Gasteiger partial charge >= 0.3 is 42.0 Å². The van der Waals surface area contributed by atoms with Crippen LogP contribution in [0, 0.1) is 6.92 Å². The quantitative estimate of drug-likeness (QED) is 0.0294. The monoisotopic (exact) mass is 1200 g/mol. The molecule has 0 radical (unpaired) electrons. The molecule has 0 fully saturated rings. The first-order chi connectivity index (χ1) is 39.1. The second-order valence-electron chi connectivity index (χ2n) is 16.1. The lowest BCUT2D eigenvalue weighted by Gasteiger charge is -2.10. The van der Waals surface area contributed by atoms with Crippen LogP contribution in [-0.4, -0.2) is 133 Å². The van der Waals surface area contributed by atoms with Gasteiger partial charge in [-0.2, -0.15) is 13.2 Å². The molecule has 27 heteroatoms. The van der Waals surface area contributed by atoms with E-state index in [4.69, 9.17) is 51.7 Å². The van der Waals surface area contributed by atoms with Gasteiger partial charge in [0, 0.05) is 21.8 Å². The Bertz CT molecular complexity index is 3270. The van der Waals surface area contributed by atoms with Gasteiger partial charge in [0.25, 0.3) is 11.8 Å². The molecule has 6 rings (SSSR count). The predicted molar refractivity (Wildman–Crippen MR) is 295 cm³/mol. The molecular weight excluding hydrogens is 1150 g/mol. The van der Waals surface area contributed by atoms with Crippen LogP contribution in [0.5, 0.6) is 11.5 Å². The van der Waals surface area contributed by atoms with Gasteiger partial charge < -0.3 is 60.2 Å². The molecule has 83 heavy (non-hydrogen) atoms. The van der Waals surface area contributed by atoms with Crippen LogP contribution in [0.3, 0.4) is 0 Å². The Hall–Kier alpha value is -9.63. The van der Waals surface area contributed by atoms with Gasteiger partial charge in [-0.05, 0) is 103 Å². The van der Waals surface area contributed by atoms with Crippen molar-refractivity contribution in [3.05, 3.63) is 195 Å². The number of alkyl halides is 3. The summed E-state index contributed by atoms with van der Waals surface area (Å²) in [4.78, 5) is 86.4. The number of halogens is 4. The highest BCUT2D eigenvalue weighted by Crippen LogP contribution is 2.31. The van der Waals surface area contributed by atoms with Crippen molar-refractivity contribution in [2.24, 2.45) is 0 Å². The van der Waals surface area contributed by atoms with Crippen molar-refractivity contribution in [1.29, 1.82) is 0 Å². The van der Waals surface area contributed by atoms with Crippen molar-refractivity contribution in [1.82, 2.24) is 0 Å². The van der Waals surface area contributed by atoms with E-state index < -0.39 is 88.2 Å². The molecule has 22 nitrogen and oxygen atoms in total. The highest BCUT2D eigenvalue weighted by Gasteiger charge is 2.30. The number of carboxylic acid groups (broad SMARTS) is 6. The Kier molecular flexibility index (Phi) is 30.0. The Labute approximate surface area is 476 Å². The molecule has 8 N–H and O–H groups in total. The van der Waals surface area contributed by atoms with Crippen LogP contribution in [0.1, 0.15) is 64.5 Å². The summed E-state index contributed by atoms with van der Waals surface area (Å²) in [7, 11) is -2.08. The van der Waals surface area contributed by atoms with Crippen LogP contribution in [0.25, 0.3) is 6.08 Å². The summed E-state index contributed by atoms with van der Waals surface area (Å²) in [5.74, 6) is -7.54. The van der Waals surface area contributed by atoms with E-state index in [0.717, 1.165) is 34.9 Å². The number of amides is 2. The van der Waals surface area contributed by atoms with Gasteiger partial charge in [0.15, 0.2) is 15.6 Å². The zero-order valence-corrected chi connectivity index (χ0v) is 45.4. The fourth-order valence-electron chi connectivity index (χ4n) is 5.91. The van der Waals surface area contributed by atoms with Gasteiger partial charge in [0.2, 0.25) is 0 Å². The van der Waals surface area contributed by atoms with Crippen LogP contribution in [0.15, 0.2) is 151 Å². The molecule has 0 heterocycles. The molecule has 0 aliphatic heterocycles. The number of anilines is 2. The average molecular weight is 1200 g/mol. The van der Waals surface area contributed by atoms with Crippen LogP contribution in [-0.2, 0) is 44.7 Å². The number of rotatable bonds is 22. The minimum absolute atomic E-state index is 0.00598. The van der Waals surface area contributed by atoms with Crippen LogP contribution in [0.4, 0.5) is 24.5 Å². The third-order valence-corrected chi connectivity index (χ3v) is 11.3. The van der Waals surface area contributed by atoms with Gasteiger partial charge in [-0.3, -0.25) is 19.2 Å². The number of benzene rings is 6. The Morgan fingerprint density at radius 1 is 0.554 bits per heavy atom. The van der Waals surface area contributed by atoms with E-state index in [0.29, 0.717) is 22.0 Å². The fourth-order valence-corrected chi connectivity index (χ4v) is 6.89. The Morgan fingerprint density at radius 3 is 1.46 bits per heavy atom. The molecule has 442 valence electrons. The van der Waals surface area contributed by atoms with E-state index in [9.17, 15) is 59.9 Å². The smallest absolute Gasteiger partial charge is 0.416 e. The summed E-state index contributed by atoms with van der Waals surface area (Å²) in [5, 5.41) is 57.3. The molecule has 0 aliphatic carbocycles. The number of carboxylic acids is 6. The molecule has 0 saturated heterocycles. The molecule has 0 bridgehead atoms. The lowest BCUT2D eigenvalue weighted by molar-refractivity contribution is -0.146. The number of aryl methyl sites for hydroxylation is 1. The second kappa shape index (κ2) is 35.9. The molecule has 0 spiro atoms. The third kappa shape index (κ3) is 28.9. The van der Waals surface area contributed by atoms with Gasteiger partial charge in [-0.15, -0.1) is 0 Å². The molecule has 6 aromatic rings. The predicted octanol–water partition coefficient (Wildman–Crippen LogP) is 9.15. The van der Waals surface area contributed by atoms with E-state index in [1.165, 1.54) is 48.5 Å². The summed E-state index contributed by atoms with van der Waals surface area (Å²) in [6.45, 7) is 1.42. The molecule has 0 unspecified atom stereocenters. The third-order valence-electron chi connectivity index (χ3n) is 9.74. The van der Waals surface area contributed by atoms with E-state index in [1.807, 2.05) is 13.0 Å². The number of hydrogen-bond acceptors (Lipinski definition) is 14. The van der Waals surface area contributed by atoms with E-state index in [1.54, 1.807) is 86.0 Å². The van der Waals surface area contributed by atoms with Crippen molar-refractivity contribution < 1.29 is 110 Å². The number of carbonyl (C=O) groups excluding carboxylic acids is 2. The van der Waals surface area contributed by atoms with Crippen molar-refractivity contribution >= 4 is 86.5 Å². The molecule has 0 aromatic heterocycles. The molecular formula is C56H54ClF3N2O20S. The first kappa shape index (κ1) is 69.5. The largest absolute Gasteiger partial charge is 0.497 e. The first-order valence-corrected chi connectivity index (χ1v) is 25.7. The van der Waals surface area contributed by atoms with Gasteiger partial charge in [-0.1, -0.05) is 78.3 Å². The average Bonchev–Trinajstić information content (AvgIpc) is 3.44. The number of carbonyl (C=O) groups is 8. The topological polar surface area (TPSA) is 353 Å². The van der Waals surface area contributed by atoms with Crippen LogP contribution >= 0.6 is 11.6 Å². The van der Waals surface area contributed by atoms with Crippen molar-refractivity contribution in [3.63, 3.8) is 0 Å². The van der Waals surface area contributed by atoms with Gasteiger partial charge in [0.05, 0.1) is 61.2 Å². The number of methoxy groups -OCH3 is 1. The van der Waals surface area contributed by atoms with E-state index >= 15 is 0 Å². The molecule has 0 aliphatic rings. The number of sulfone groups is 1. The van der Waals surface area contributed by atoms with Crippen molar-refractivity contribution in [3.8, 4) is 11.5 Å². The fraction of sp³-hybridized carbons (Fsp3) is 0.179. The lowest BCUT2D eigenvalue weighted by Crippen LogP contribution is -2.16. The maximum absolute atomic E-state index is 12.6.